The average Bonchev–Trinajstić information content (AvgIpc) is 2.90. The molecule has 1 aromatic heterocycles. The average molecular weight is 347 g/mol. The van der Waals surface area contributed by atoms with Crippen LogP contribution < -0.4 is 5.73 Å². The highest BCUT2D eigenvalue weighted by Crippen LogP contribution is 2.15. The van der Waals surface area contributed by atoms with E-state index in [0.717, 1.165) is 0 Å². The molecule has 0 spiro atoms. The van der Waals surface area contributed by atoms with Gasteiger partial charge in [0.2, 0.25) is 0 Å². The normalized spacial score (nSPS) is 11.8. The van der Waals surface area contributed by atoms with Crippen LogP contribution in [0.4, 0.5) is 0 Å². The predicted octanol–water partition coefficient (Wildman–Crippen LogP) is -1.88. The second-order valence-corrected chi connectivity index (χ2v) is 4.69. The molecule has 12 nitrogen and oxygen atoms in total. The first kappa shape index (κ1) is 21.0. The van der Waals surface area contributed by atoms with Crippen molar-refractivity contribution in [1.82, 2.24) is 9.97 Å². The van der Waals surface area contributed by atoms with E-state index in [1.165, 1.54) is 6.33 Å². The number of carboxylic acid groups (broad SMARTS) is 4. The smallest absolute Gasteiger partial charge is 0.336 e. The van der Waals surface area contributed by atoms with E-state index in [-0.39, 0.29) is 6.42 Å². The Hall–Kier alpha value is -2.99. The molecule has 0 aliphatic heterocycles. The summed E-state index contributed by atoms with van der Waals surface area (Å²) in [4.78, 5) is 47.3. The number of nitrogens with two attached hydrogens (primary N) is 1. The summed E-state index contributed by atoms with van der Waals surface area (Å²) in [5.41, 5.74) is 3.18. The van der Waals surface area contributed by atoms with Crippen molar-refractivity contribution in [3.63, 3.8) is 0 Å². The lowest BCUT2D eigenvalue weighted by molar-refractivity contribution is -0.170. The summed E-state index contributed by atoms with van der Waals surface area (Å²) < 4.78 is 0. The Bertz CT molecular complexity index is 569. The standard InChI is InChI=1S/C6H9N3O2.C6H8O7/c7-5(6(10)11)1-4-2-8-3-9-4;7-3(8)1-6(13,5(11)12)2-4(9)10/h2-3,5H,1,7H2,(H,8,9)(H,10,11);13H,1-2H2,(H,7,8)(H,9,10)(H,11,12). The van der Waals surface area contributed by atoms with E-state index in [0.29, 0.717) is 5.69 Å². The number of aromatic amines is 1. The van der Waals surface area contributed by atoms with Crippen LogP contribution in [0.15, 0.2) is 12.5 Å². The number of nitrogens with one attached hydrogen (secondary N) is 1. The number of aliphatic carboxylic acids is 4. The summed E-state index contributed by atoms with van der Waals surface area (Å²) in [7, 11) is 0. The number of carbonyl (C=O) groups is 4. The molecular weight excluding hydrogens is 330 g/mol. The molecule has 0 radical (unpaired) electrons. The highest BCUT2D eigenvalue weighted by molar-refractivity contribution is 5.88. The lowest BCUT2D eigenvalue weighted by Crippen LogP contribution is -2.42. The monoisotopic (exact) mass is 347 g/mol. The molecule has 24 heavy (non-hydrogen) atoms. The van der Waals surface area contributed by atoms with Gasteiger partial charge in [0, 0.05) is 12.6 Å². The molecule has 1 heterocycles. The molecule has 1 aromatic rings. The van der Waals surface area contributed by atoms with Crippen LogP contribution in [-0.2, 0) is 25.6 Å². The Morgan fingerprint density at radius 1 is 1.12 bits per heavy atom. The number of hydrogen-bond acceptors (Lipinski definition) is 7. The van der Waals surface area contributed by atoms with Crippen LogP contribution in [0.5, 0.6) is 0 Å². The van der Waals surface area contributed by atoms with E-state index in [4.69, 9.17) is 31.3 Å². The molecule has 0 saturated heterocycles. The highest BCUT2D eigenvalue weighted by atomic mass is 16.4. The van der Waals surface area contributed by atoms with Gasteiger partial charge in [-0.1, -0.05) is 0 Å². The highest BCUT2D eigenvalue weighted by Gasteiger charge is 2.40. The summed E-state index contributed by atoms with van der Waals surface area (Å²) >= 11 is 0. The second-order valence-electron chi connectivity index (χ2n) is 4.69. The lowest BCUT2D eigenvalue weighted by atomic mass is 9.96. The summed E-state index contributed by atoms with van der Waals surface area (Å²) in [6.07, 6.45) is 1.09. The lowest BCUT2D eigenvalue weighted by Gasteiger charge is -2.18. The van der Waals surface area contributed by atoms with Crippen LogP contribution in [0.3, 0.4) is 0 Å². The Morgan fingerprint density at radius 3 is 1.92 bits per heavy atom. The van der Waals surface area contributed by atoms with Crippen molar-refractivity contribution in [2.45, 2.75) is 30.9 Å². The number of aliphatic hydroxyl groups is 1. The Labute approximate surface area is 134 Å². The molecule has 0 aromatic carbocycles. The molecule has 1 atom stereocenters. The fourth-order valence-electron chi connectivity index (χ4n) is 1.43. The van der Waals surface area contributed by atoms with E-state index in [2.05, 4.69) is 9.97 Å². The molecule has 12 heteroatoms. The number of carboxylic acids is 4. The summed E-state index contributed by atoms with van der Waals surface area (Å²) in [6.45, 7) is 0. The summed E-state index contributed by atoms with van der Waals surface area (Å²) in [5, 5.41) is 42.2. The van der Waals surface area contributed by atoms with Gasteiger partial charge in [-0.25, -0.2) is 9.78 Å². The third kappa shape index (κ3) is 7.86. The molecule has 1 unspecified atom stereocenters. The number of imidazole rings is 1. The zero-order valence-electron chi connectivity index (χ0n) is 12.2. The van der Waals surface area contributed by atoms with Crippen molar-refractivity contribution in [2.24, 2.45) is 5.73 Å². The van der Waals surface area contributed by atoms with E-state index in [9.17, 15) is 19.2 Å². The van der Waals surface area contributed by atoms with Gasteiger partial charge >= 0.3 is 23.9 Å². The quantitative estimate of drug-likeness (QED) is 0.275. The maximum absolute atomic E-state index is 10.3. The molecule has 0 aliphatic rings. The van der Waals surface area contributed by atoms with Gasteiger partial charge in [-0.05, 0) is 0 Å². The number of aromatic nitrogens is 2. The van der Waals surface area contributed by atoms with Crippen LogP contribution >= 0.6 is 0 Å². The number of nitrogens with zero attached hydrogens (tertiary/aromatic N) is 1. The Kier molecular flexibility index (Phi) is 8.07. The molecule has 0 amide bonds. The summed E-state index contributed by atoms with van der Waals surface area (Å²) in [5.74, 6) is -6.03. The first-order chi connectivity index (χ1) is 11.0. The first-order valence-corrected chi connectivity index (χ1v) is 6.33. The Balaban J connectivity index is 0.000000446. The number of H-pyrrole nitrogens is 1. The van der Waals surface area contributed by atoms with Gasteiger partial charge in [0.1, 0.15) is 6.04 Å². The van der Waals surface area contributed by atoms with E-state index >= 15 is 0 Å². The molecule has 1 rings (SSSR count). The molecule has 0 fully saturated rings. The fraction of sp³-hybridized carbons (Fsp3) is 0.417. The molecular formula is C12H17N3O9. The van der Waals surface area contributed by atoms with Crippen molar-refractivity contribution in [1.29, 1.82) is 0 Å². The van der Waals surface area contributed by atoms with Crippen LogP contribution in [0, 0.1) is 0 Å². The van der Waals surface area contributed by atoms with Crippen LogP contribution in [-0.4, -0.2) is 71.0 Å². The molecule has 134 valence electrons. The Morgan fingerprint density at radius 2 is 1.62 bits per heavy atom. The van der Waals surface area contributed by atoms with E-state index in [1.54, 1.807) is 6.20 Å². The van der Waals surface area contributed by atoms with E-state index in [1.807, 2.05) is 0 Å². The van der Waals surface area contributed by atoms with Crippen molar-refractivity contribution in [2.75, 3.05) is 0 Å². The molecule has 0 aliphatic carbocycles. The van der Waals surface area contributed by atoms with Gasteiger partial charge < -0.3 is 36.3 Å². The number of hydrogen-bond donors (Lipinski definition) is 7. The minimum absolute atomic E-state index is 0.263. The maximum atomic E-state index is 10.3. The van der Waals surface area contributed by atoms with Crippen molar-refractivity contribution in [3.8, 4) is 0 Å². The van der Waals surface area contributed by atoms with Crippen molar-refractivity contribution >= 4 is 23.9 Å². The number of rotatable bonds is 8. The SMILES string of the molecule is NC(Cc1c[nH]cn1)C(=O)O.O=C(O)CC(O)(CC(=O)O)C(=O)O. The predicted molar refractivity (Wildman–Crippen MR) is 75.0 cm³/mol. The minimum atomic E-state index is -2.74. The molecule has 8 N–H and O–H groups in total. The van der Waals surface area contributed by atoms with Crippen molar-refractivity contribution in [3.05, 3.63) is 18.2 Å². The fourth-order valence-corrected chi connectivity index (χ4v) is 1.43. The van der Waals surface area contributed by atoms with Gasteiger partial charge in [-0.2, -0.15) is 0 Å². The zero-order valence-corrected chi connectivity index (χ0v) is 12.2. The molecule has 0 bridgehead atoms. The van der Waals surface area contributed by atoms with Gasteiger partial charge in [0.15, 0.2) is 5.60 Å². The third-order valence-electron chi connectivity index (χ3n) is 2.59. The third-order valence-corrected chi connectivity index (χ3v) is 2.59. The minimum Gasteiger partial charge on any atom is -0.481 e. The van der Waals surface area contributed by atoms with Crippen molar-refractivity contribution < 1.29 is 44.7 Å². The largest absolute Gasteiger partial charge is 0.481 e. The van der Waals surface area contributed by atoms with Gasteiger partial charge in [-0.3, -0.25) is 14.4 Å². The van der Waals surface area contributed by atoms with Crippen LogP contribution in [0.1, 0.15) is 18.5 Å². The first-order valence-electron chi connectivity index (χ1n) is 6.33. The van der Waals surface area contributed by atoms with E-state index < -0.39 is 48.4 Å². The maximum Gasteiger partial charge on any atom is 0.336 e. The second kappa shape index (κ2) is 9.22. The summed E-state index contributed by atoms with van der Waals surface area (Å²) in [6, 6.07) is -0.863. The van der Waals surface area contributed by atoms with Crippen LogP contribution in [0.2, 0.25) is 0 Å². The zero-order chi connectivity index (χ0) is 18.9. The topological polar surface area (TPSA) is 224 Å². The molecule has 0 saturated carbocycles. The van der Waals surface area contributed by atoms with Crippen LogP contribution in [0.25, 0.3) is 0 Å². The van der Waals surface area contributed by atoms with Gasteiger partial charge in [0.05, 0.1) is 24.9 Å². The van der Waals surface area contributed by atoms with Gasteiger partial charge in [0.25, 0.3) is 0 Å². The van der Waals surface area contributed by atoms with Gasteiger partial charge in [-0.15, -0.1) is 0 Å².